The highest BCUT2D eigenvalue weighted by Gasteiger charge is 2.27. The molecule has 0 saturated carbocycles. The van der Waals surface area contributed by atoms with Crippen LogP contribution < -0.4 is 20.3 Å². The number of hydrogen-bond acceptors (Lipinski definition) is 8. The highest BCUT2D eigenvalue weighted by Crippen LogP contribution is 2.29. The second kappa shape index (κ2) is 16.4. The summed E-state index contributed by atoms with van der Waals surface area (Å²) in [6.07, 6.45) is 8.57. The van der Waals surface area contributed by atoms with E-state index in [1.54, 1.807) is 11.3 Å². The lowest BCUT2D eigenvalue weighted by Crippen LogP contribution is -2.43. The van der Waals surface area contributed by atoms with Crippen molar-refractivity contribution in [3.8, 4) is 10.9 Å². The lowest BCUT2D eigenvalue weighted by Gasteiger charge is -2.31. The topological polar surface area (TPSA) is 87.6 Å². The Labute approximate surface area is 249 Å². The van der Waals surface area contributed by atoms with Gasteiger partial charge in [-0.05, 0) is 82.1 Å². The number of anilines is 2. The Balaban J connectivity index is 1.23. The van der Waals surface area contributed by atoms with Gasteiger partial charge in [-0.25, -0.2) is 0 Å². The predicted octanol–water partition coefficient (Wildman–Crippen LogP) is 5.57. The molecule has 9 nitrogen and oxygen atoms in total. The van der Waals surface area contributed by atoms with E-state index in [4.69, 9.17) is 4.74 Å². The van der Waals surface area contributed by atoms with Crippen molar-refractivity contribution in [3.05, 3.63) is 48.3 Å². The monoisotopic (exact) mass is 581 g/mol. The maximum absolute atomic E-state index is 12.9. The molecule has 0 spiro atoms. The first-order valence-electron chi connectivity index (χ1n) is 15.3. The Morgan fingerprint density at radius 3 is 2.39 bits per heavy atom. The molecule has 0 atom stereocenters. The van der Waals surface area contributed by atoms with Crippen molar-refractivity contribution in [1.82, 2.24) is 25.0 Å². The molecule has 1 fully saturated rings. The predicted molar refractivity (Wildman–Crippen MR) is 168 cm³/mol. The van der Waals surface area contributed by atoms with Crippen LogP contribution in [0.25, 0.3) is 5.13 Å². The van der Waals surface area contributed by atoms with Crippen molar-refractivity contribution in [1.29, 1.82) is 0 Å². The van der Waals surface area contributed by atoms with Crippen LogP contribution in [0.2, 0.25) is 0 Å². The molecule has 1 aliphatic rings. The highest BCUT2D eigenvalue weighted by molar-refractivity contribution is 7.17. The Morgan fingerprint density at radius 1 is 1.00 bits per heavy atom. The van der Waals surface area contributed by atoms with Crippen molar-refractivity contribution in [2.45, 2.75) is 65.8 Å². The van der Waals surface area contributed by atoms with Crippen LogP contribution in [0.1, 0.15) is 65.0 Å². The normalized spacial score (nSPS) is 14.0. The standard InChI is InChI=1S/C31H47N7O2S/c1-4-7-18-36(19-8-5-2)23-17-32-29(39)25-15-21-37(22-16-25)30-34-35-31(41-30)38-20-9-10-27(38)24-33-26-11-13-28(14-12-26)40-6-3/h9-14,20,25,33H,4-8,15-19,21-24H2,1-3H3,(H,32,39). The number of aromatic nitrogens is 3. The summed E-state index contributed by atoms with van der Waals surface area (Å²) in [6.45, 7) is 13.4. The van der Waals surface area contributed by atoms with Crippen molar-refractivity contribution >= 4 is 28.1 Å². The van der Waals surface area contributed by atoms with Gasteiger partial charge < -0.3 is 25.2 Å². The van der Waals surface area contributed by atoms with E-state index in [2.05, 4.69) is 55.1 Å². The van der Waals surface area contributed by atoms with Crippen LogP contribution >= 0.6 is 11.3 Å². The van der Waals surface area contributed by atoms with Gasteiger partial charge in [0.1, 0.15) is 5.75 Å². The van der Waals surface area contributed by atoms with Crippen LogP contribution in [-0.2, 0) is 11.3 Å². The minimum Gasteiger partial charge on any atom is -0.494 e. The zero-order valence-corrected chi connectivity index (χ0v) is 25.8. The van der Waals surface area contributed by atoms with Gasteiger partial charge in [-0.15, -0.1) is 10.2 Å². The molecule has 2 aromatic heterocycles. The molecule has 3 heterocycles. The summed E-state index contributed by atoms with van der Waals surface area (Å²) in [4.78, 5) is 17.6. The molecule has 3 aromatic rings. The number of carbonyl (C=O) groups excluding carboxylic acids is 1. The number of nitrogens with zero attached hydrogens (tertiary/aromatic N) is 5. The highest BCUT2D eigenvalue weighted by atomic mass is 32.1. The number of unbranched alkanes of at least 4 members (excludes halogenated alkanes) is 2. The zero-order chi connectivity index (χ0) is 28.9. The molecule has 1 aliphatic heterocycles. The molecular weight excluding hydrogens is 534 g/mol. The maximum atomic E-state index is 12.9. The third-order valence-electron chi connectivity index (χ3n) is 7.60. The van der Waals surface area contributed by atoms with E-state index in [0.29, 0.717) is 13.2 Å². The van der Waals surface area contributed by atoms with Crippen LogP contribution in [0.5, 0.6) is 5.75 Å². The quantitative estimate of drug-likeness (QED) is 0.215. The van der Waals surface area contributed by atoms with Gasteiger partial charge in [0.2, 0.25) is 16.2 Å². The minimum atomic E-state index is 0.0723. The number of amides is 1. The maximum Gasteiger partial charge on any atom is 0.223 e. The van der Waals surface area contributed by atoms with Crippen LogP contribution in [0, 0.1) is 5.92 Å². The summed E-state index contributed by atoms with van der Waals surface area (Å²) in [5.74, 6) is 1.15. The smallest absolute Gasteiger partial charge is 0.223 e. The summed E-state index contributed by atoms with van der Waals surface area (Å²) in [5, 5.41) is 17.5. The molecule has 0 radical (unpaired) electrons. The molecule has 10 heteroatoms. The summed E-state index contributed by atoms with van der Waals surface area (Å²) < 4.78 is 7.62. The summed E-state index contributed by atoms with van der Waals surface area (Å²) >= 11 is 1.60. The van der Waals surface area contributed by atoms with Crippen molar-refractivity contribution in [2.24, 2.45) is 5.92 Å². The molecule has 2 N–H and O–H groups in total. The second-order valence-electron chi connectivity index (χ2n) is 10.6. The molecule has 0 bridgehead atoms. The molecule has 0 aliphatic carbocycles. The first kappa shape index (κ1) is 30.8. The van der Waals surface area contributed by atoms with E-state index < -0.39 is 0 Å². The van der Waals surface area contributed by atoms with Crippen molar-refractivity contribution in [3.63, 3.8) is 0 Å². The van der Waals surface area contributed by atoms with Gasteiger partial charge in [0.15, 0.2) is 0 Å². The number of hydrogen-bond donors (Lipinski definition) is 2. The van der Waals surface area contributed by atoms with E-state index in [1.807, 2.05) is 43.5 Å². The lowest BCUT2D eigenvalue weighted by atomic mass is 9.96. The van der Waals surface area contributed by atoms with Crippen LogP contribution in [-0.4, -0.2) is 71.4 Å². The summed E-state index contributed by atoms with van der Waals surface area (Å²) in [6, 6.07) is 12.1. The largest absolute Gasteiger partial charge is 0.494 e. The Bertz CT molecular complexity index is 1160. The van der Waals surface area contributed by atoms with Gasteiger partial charge in [0.05, 0.1) is 13.2 Å². The third kappa shape index (κ3) is 9.19. The molecule has 41 heavy (non-hydrogen) atoms. The number of nitrogens with one attached hydrogen (secondary N) is 2. The number of carbonyl (C=O) groups is 1. The van der Waals surface area contributed by atoms with Gasteiger partial charge in [-0.2, -0.15) is 0 Å². The fourth-order valence-corrected chi connectivity index (χ4v) is 6.04. The van der Waals surface area contributed by atoms with Gasteiger partial charge in [0.25, 0.3) is 0 Å². The lowest BCUT2D eigenvalue weighted by molar-refractivity contribution is -0.125. The summed E-state index contributed by atoms with van der Waals surface area (Å²) in [7, 11) is 0. The van der Waals surface area contributed by atoms with Crippen LogP contribution in [0.15, 0.2) is 42.6 Å². The molecule has 4 rings (SSSR count). The molecular formula is C31H47N7O2S. The van der Waals surface area contributed by atoms with Gasteiger partial charge in [-0.1, -0.05) is 38.0 Å². The number of ether oxygens (including phenoxy) is 1. The minimum absolute atomic E-state index is 0.0723. The first-order chi connectivity index (χ1) is 20.1. The van der Waals surface area contributed by atoms with E-state index in [-0.39, 0.29) is 11.8 Å². The second-order valence-corrected chi connectivity index (χ2v) is 11.6. The van der Waals surface area contributed by atoms with Crippen LogP contribution in [0.4, 0.5) is 10.8 Å². The van der Waals surface area contributed by atoms with Gasteiger partial charge >= 0.3 is 0 Å². The van der Waals surface area contributed by atoms with Crippen LogP contribution in [0.3, 0.4) is 0 Å². The molecule has 0 unspecified atom stereocenters. The molecule has 1 saturated heterocycles. The van der Waals surface area contributed by atoms with Crippen molar-refractivity contribution < 1.29 is 9.53 Å². The first-order valence-corrected chi connectivity index (χ1v) is 16.1. The fourth-order valence-electron chi connectivity index (χ4n) is 5.12. The number of benzene rings is 1. The van der Waals surface area contributed by atoms with E-state index in [0.717, 1.165) is 79.5 Å². The van der Waals surface area contributed by atoms with Gasteiger partial charge in [-0.3, -0.25) is 9.36 Å². The SMILES string of the molecule is CCCCN(CCCC)CCNC(=O)C1CCN(c2nnc(-n3cccc3CNc3ccc(OCC)cc3)s2)CC1. The van der Waals surface area contributed by atoms with E-state index >= 15 is 0 Å². The molecule has 224 valence electrons. The average Bonchev–Trinajstić information content (AvgIpc) is 3.68. The summed E-state index contributed by atoms with van der Waals surface area (Å²) in [5.41, 5.74) is 2.15. The Kier molecular flexibility index (Phi) is 12.3. The number of piperidine rings is 1. The van der Waals surface area contributed by atoms with E-state index in [1.165, 1.54) is 25.7 Å². The Hall–Kier alpha value is -3.11. The average molecular weight is 582 g/mol. The third-order valence-corrected chi connectivity index (χ3v) is 8.58. The zero-order valence-electron chi connectivity index (χ0n) is 25.0. The van der Waals surface area contributed by atoms with E-state index in [9.17, 15) is 4.79 Å². The Morgan fingerprint density at radius 2 is 1.71 bits per heavy atom. The van der Waals surface area contributed by atoms with Gasteiger partial charge in [0, 0.05) is 49.7 Å². The molecule has 1 amide bonds. The van der Waals surface area contributed by atoms with Crippen molar-refractivity contribution in [2.75, 3.05) is 56.1 Å². The number of rotatable bonds is 17. The molecule has 1 aromatic carbocycles. The fraction of sp³-hybridized carbons (Fsp3) is 0.581.